The van der Waals surface area contributed by atoms with Gasteiger partial charge in [0.15, 0.2) is 0 Å². The SMILES string of the molecule is C=C/C(=C\C=C/C)S(=O)(=O)c1cc(N2CCN(C)CC2)c2ccccc2c1NC. The molecule has 29 heavy (non-hydrogen) atoms. The van der Waals surface area contributed by atoms with Crippen LogP contribution in [0.2, 0.25) is 0 Å². The molecular formula is C23H29N3O2S. The number of likely N-dealkylation sites (N-methyl/N-ethyl adjacent to an activating group) is 1. The Kier molecular flexibility index (Phi) is 6.45. The van der Waals surface area contributed by atoms with Gasteiger partial charge in [0.05, 0.1) is 15.5 Å². The molecule has 0 aliphatic carbocycles. The topological polar surface area (TPSA) is 52.7 Å². The van der Waals surface area contributed by atoms with Crippen molar-refractivity contribution < 1.29 is 8.42 Å². The van der Waals surface area contributed by atoms with Gasteiger partial charge in [0.1, 0.15) is 0 Å². The van der Waals surface area contributed by atoms with Gasteiger partial charge in [-0.05, 0) is 26.1 Å². The molecule has 0 radical (unpaired) electrons. The third kappa shape index (κ3) is 4.09. The van der Waals surface area contributed by atoms with E-state index in [1.165, 1.54) is 6.08 Å². The van der Waals surface area contributed by atoms with Crippen LogP contribution in [0.3, 0.4) is 0 Å². The van der Waals surface area contributed by atoms with Gasteiger partial charge in [-0.15, -0.1) is 0 Å². The highest BCUT2D eigenvalue weighted by Crippen LogP contribution is 2.40. The first kappa shape index (κ1) is 21.1. The molecule has 0 spiro atoms. The van der Waals surface area contributed by atoms with E-state index in [2.05, 4.69) is 34.8 Å². The van der Waals surface area contributed by atoms with E-state index in [9.17, 15) is 8.42 Å². The molecule has 1 saturated heterocycles. The number of nitrogens with zero attached hydrogens (tertiary/aromatic N) is 2. The summed E-state index contributed by atoms with van der Waals surface area (Å²) in [5.41, 5.74) is 1.58. The molecule has 2 aromatic rings. The van der Waals surface area contributed by atoms with Crippen molar-refractivity contribution in [2.45, 2.75) is 11.8 Å². The average Bonchev–Trinajstić information content (AvgIpc) is 2.73. The number of nitrogens with one attached hydrogen (secondary N) is 1. The van der Waals surface area contributed by atoms with Crippen LogP contribution in [0.15, 0.2) is 71.0 Å². The predicted molar refractivity (Wildman–Crippen MR) is 123 cm³/mol. The average molecular weight is 412 g/mol. The van der Waals surface area contributed by atoms with Crippen molar-refractivity contribution >= 4 is 32.0 Å². The van der Waals surface area contributed by atoms with Gasteiger partial charge in [-0.25, -0.2) is 8.42 Å². The predicted octanol–water partition coefficient (Wildman–Crippen LogP) is 4.05. The van der Waals surface area contributed by atoms with Gasteiger partial charge in [-0.1, -0.05) is 49.1 Å². The molecule has 0 aromatic heterocycles. The van der Waals surface area contributed by atoms with Crippen molar-refractivity contribution in [1.82, 2.24) is 4.90 Å². The third-order valence-electron chi connectivity index (χ3n) is 5.33. The first-order valence-corrected chi connectivity index (χ1v) is 11.3. The minimum Gasteiger partial charge on any atom is -0.387 e. The fourth-order valence-corrected chi connectivity index (χ4v) is 5.17. The molecule has 1 fully saturated rings. The molecule has 2 aromatic carbocycles. The van der Waals surface area contributed by atoms with Gasteiger partial charge in [-0.2, -0.15) is 0 Å². The second-order valence-electron chi connectivity index (χ2n) is 7.16. The number of fused-ring (bicyclic) bond motifs is 1. The summed E-state index contributed by atoms with van der Waals surface area (Å²) in [6, 6.07) is 9.79. The maximum absolute atomic E-state index is 13.5. The lowest BCUT2D eigenvalue weighted by molar-refractivity contribution is 0.313. The Morgan fingerprint density at radius 1 is 1.14 bits per heavy atom. The Morgan fingerprint density at radius 2 is 1.79 bits per heavy atom. The van der Waals surface area contributed by atoms with Crippen LogP contribution in [0.1, 0.15) is 6.92 Å². The van der Waals surface area contributed by atoms with E-state index < -0.39 is 9.84 Å². The lowest BCUT2D eigenvalue weighted by atomic mass is 10.1. The first-order chi connectivity index (χ1) is 13.9. The molecular weight excluding hydrogens is 382 g/mol. The number of sulfone groups is 1. The summed E-state index contributed by atoms with van der Waals surface area (Å²) in [6.45, 7) is 9.20. The molecule has 0 atom stereocenters. The molecule has 1 N–H and O–H groups in total. The van der Waals surface area contributed by atoms with E-state index in [1.54, 1.807) is 25.3 Å². The number of piperazine rings is 1. The Labute approximate surface area is 173 Å². The van der Waals surface area contributed by atoms with Crippen LogP contribution in [0.4, 0.5) is 11.4 Å². The largest absolute Gasteiger partial charge is 0.387 e. The van der Waals surface area contributed by atoms with Gasteiger partial charge < -0.3 is 15.1 Å². The zero-order valence-electron chi connectivity index (χ0n) is 17.4. The number of benzene rings is 2. The van der Waals surface area contributed by atoms with Crippen molar-refractivity contribution in [3.63, 3.8) is 0 Å². The maximum atomic E-state index is 13.5. The minimum absolute atomic E-state index is 0.187. The standard InChI is InChI=1S/C23H29N3O2S/c1-5-7-10-18(6-2)29(27,28)22-17-21(26-15-13-25(4)14-16-26)19-11-8-9-12-20(19)23(22)24-3/h5-12,17,24H,2,13-16H2,1,3-4H3/b7-5-,18-10+. The summed E-state index contributed by atoms with van der Waals surface area (Å²) in [5, 5.41) is 5.09. The molecule has 5 nitrogen and oxygen atoms in total. The van der Waals surface area contributed by atoms with Crippen molar-refractivity contribution in [1.29, 1.82) is 0 Å². The summed E-state index contributed by atoms with van der Waals surface area (Å²) in [5.74, 6) is 0. The summed E-state index contributed by atoms with van der Waals surface area (Å²) >= 11 is 0. The molecule has 1 aliphatic heterocycles. The number of anilines is 2. The minimum atomic E-state index is -3.74. The highest BCUT2D eigenvalue weighted by molar-refractivity contribution is 7.95. The Balaban J connectivity index is 2.28. The maximum Gasteiger partial charge on any atom is 0.208 e. The van der Waals surface area contributed by atoms with Crippen LogP contribution in [-0.2, 0) is 9.84 Å². The number of rotatable bonds is 6. The molecule has 0 saturated carbocycles. The van der Waals surface area contributed by atoms with Gasteiger partial charge in [0, 0.05) is 49.7 Å². The molecule has 6 heteroatoms. The van der Waals surface area contributed by atoms with Crippen LogP contribution in [0.25, 0.3) is 10.8 Å². The van der Waals surface area contributed by atoms with E-state index in [-0.39, 0.29) is 9.80 Å². The third-order valence-corrected chi connectivity index (χ3v) is 7.16. The highest BCUT2D eigenvalue weighted by atomic mass is 32.2. The smallest absolute Gasteiger partial charge is 0.208 e. The van der Waals surface area contributed by atoms with Crippen molar-refractivity contribution in [3.05, 3.63) is 66.1 Å². The Bertz CT molecular complexity index is 1060. The van der Waals surface area contributed by atoms with Crippen molar-refractivity contribution in [3.8, 4) is 0 Å². The summed E-state index contributed by atoms with van der Waals surface area (Å²) in [4.78, 5) is 5.04. The fourth-order valence-electron chi connectivity index (χ4n) is 3.70. The first-order valence-electron chi connectivity index (χ1n) is 9.81. The Morgan fingerprint density at radius 3 is 2.38 bits per heavy atom. The van der Waals surface area contributed by atoms with E-state index in [0.717, 1.165) is 42.6 Å². The van der Waals surface area contributed by atoms with Crippen molar-refractivity contribution in [2.75, 3.05) is 50.5 Å². The molecule has 154 valence electrons. The number of allylic oxidation sites excluding steroid dienone is 4. The zero-order chi connectivity index (χ0) is 21.0. The normalized spacial score (nSPS) is 16.5. The molecule has 3 rings (SSSR count). The monoisotopic (exact) mass is 411 g/mol. The molecule has 0 bridgehead atoms. The zero-order valence-corrected chi connectivity index (χ0v) is 18.2. The number of hydrogen-bond acceptors (Lipinski definition) is 5. The summed E-state index contributed by atoms with van der Waals surface area (Å²) < 4.78 is 27.1. The number of hydrogen-bond donors (Lipinski definition) is 1. The van der Waals surface area contributed by atoms with E-state index in [0.29, 0.717) is 5.69 Å². The molecule has 1 heterocycles. The van der Waals surface area contributed by atoms with Crippen LogP contribution >= 0.6 is 0 Å². The van der Waals surface area contributed by atoms with Crippen LogP contribution in [0.5, 0.6) is 0 Å². The Hall–Kier alpha value is -2.57. The second kappa shape index (κ2) is 8.84. The second-order valence-corrected chi connectivity index (χ2v) is 9.08. The molecule has 0 amide bonds. The van der Waals surface area contributed by atoms with Gasteiger partial charge in [0.25, 0.3) is 0 Å². The lowest BCUT2D eigenvalue weighted by Crippen LogP contribution is -2.44. The quantitative estimate of drug-likeness (QED) is 0.727. The van der Waals surface area contributed by atoms with Gasteiger partial charge in [-0.3, -0.25) is 0 Å². The molecule has 1 aliphatic rings. The van der Waals surface area contributed by atoms with E-state index >= 15 is 0 Å². The summed E-state index contributed by atoms with van der Waals surface area (Å²) in [6.07, 6.45) is 6.51. The van der Waals surface area contributed by atoms with Gasteiger partial charge in [0.2, 0.25) is 9.84 Å². The summed E-state index contributed by atoms with van der Waals surface area (Å²) in [7, 11) is 0.135. The highest BCUT2D eigenvalue weighted by Gasteiger charge is 2.27. The van der Waals surface area contributed by atoms with E-state index in [1.807, 2.05) is 31.2 Å². The molecule has 0 unspecified atom stereocenters. The van der Waals surface area contributed by atoms with Crippen molar-refractivity contribution in [2.24, 2.45) is 0 Å². The van der Waals surface area contributed by atoms with Crippen LogP contribution in [-0.4, -0.2) is 53.6 Å². The van der Waals surface area contributed by atoms with E-state index in [4.69, 9.17) is 0 Å². The lowest BCUT2D eigenvalue weighted by Gasteiger charge is -2.35. The van der Waals surface area contributed by atoms with Gasteiger partial charge >= 0.3 is 0 Å². The van der Waals surface area contributed by atoms with Crippen LogP contribution < -0.4 is 10.2 Å². The fraction of sp³-hybridized carbons (Fsp3) is 0.304. The van der Waals surface area contributed by atoms with Crippen LogP contribution in [0, 0.1) is 0 Å².